The highest BCUT2D eigenvalue weighted by atomic mass is 16.3. The first-order chi connectivity index (χ1) is 7.76. The van der Waals surface area contributed by atoms with Gasteiger partial charge in [0.25, 0.3) is 0 Å². The smallest absolute Gasteiger partial charge is 0.0613 e. The molecule has 0 bridgehead atoms. The van der Waals surface area contributed by atoms with Crippen LogP contribution in [0.4, 0.5) is 0 Å². The van der Waals surface area contributed by atoms with Gasteiger partial charge in [-0.1, -0.05) is 43.7 Å². The lowest BCUT2D eigenvalue weighted by atomic mass is 10.0. The van der Waals surface area contributed by atoms with E-state index in [0.717, 1.165) is 0 Å². The van der Waals surface area contributed by atoms with E-state index in [1.807, 2.05) is 0 Å². The van der Waals surface area contributed by atoms with Gasteiger partial charge in [0.05, 0.1) is 5.60 Å². The molecule has 1 aromatic carbocycles. The average Bonchev–Trinajstić information content (AvgIpc) is 2.17. The van der Waals surface area contributed by atoms with E-state index in [9.17, 15) is 0 Å². The number of rotatable bonds is 3. The van der Waals surface area contributed by atoms with Gasteiger partial charge < -0.3 is 10.2 Å². The van der Waals surface area contributed by atoms with Gasteiger partial charge in [0.1, 0.15) is 0 Å². The van der Waals surface area contributed by atoms with Crippen molar-refractivity contribution in [3.05, 3.63) is 35.4 Å². The molecular weight excluding hydrogens is 212 g/mol. The van der Waals surface area contributed by atoms with Crippen LogP contribution in [-0.2, 0) is 0 Å². The second-order valence-electron chi connectivity index (χ2n) is 5.35. The number of benzene rings is 1. The Kier molecular flexibility index (Phi) is 7.09. The summed E-state index contributed by atoms with van der Waals surface area (Å²) in [6.45, 7) is 9.94. The maximum absolute atomic E-state index is 8.86. The molecule has 0 aromatic heterocycles. The Hall–Kier alpha value is -0.860. The first-order valence-corrected chi connectivity index (χ1v) is 6.16. The van der Waals surface area contributed by atoms with Gasteiger partial charge in [-0.3, -0.25) is 0 Å². The molecule has 1 rings (SSSR count). The maximum Gasteiger partial charge on any atom is 0.0613 e. The number of aryl methyl sites for hydroxylation is 1. The van der Waals surface area contributed by atoms with E-state index in [4.69, 9.17) is 10.2 Å². The van der Waals surface area contributed by atoms with E-state index in [-0.39, 0.29) is 6.61 Å². The number of aliphatic hydroxyl groups excluding tert-OH is 1. The lowest BCUT2D eigenvalue weighted by Gasteiger charge is -2.13. The lowest BCUT2D eigenvalue weighted by molar-refractivity contribution is 0.0515. The van der Waals surface area contributed by atoms with Gasteiger partial charge in [0, 0.05) is 6.61 Å². The van der Waals surface area contributed by atoms with E-state index in [2.05, 4.69) is 45.0 Å². The Morgan fingerprint density at radius 1 is 1.12 bits per heavy atom. The molecule has 0 radical (unpaired) electrons. The van der Waals surface area contributed by atoms with Crippen molar-refractivity contribution in [3.63, 3.8) is 0 Å². The van der Waals surface area contributed by atoms with Crippen molar-refractivity contribution >= 4 is 0 Å². The van der Waals surface area contributed by atoms with Gasteiger partial charge in [0.15, 0.2) is 0 Å². The molecule has 1 aromatic rings. The zero-order valence-corrected chi connectivity index (χ0v) is 11.7. The van der Waals surface area contributed by atoms with Gasteiger partial charge in [0.2, 0.25) is 0 Å². The van der Waals surface area contributed by atoms with Crippen LogP contribution in [0.15, 0.2) is 24.3 Å². The number of aliphatic hydroxyl groups is 2. The van der Waals surface area contributed by atoms with Crippen molar-refractivity contribution in [3.8, 4) is 0 Å². The van der Waals surface area contributed by atoms with Crippen LogP contribution in [0.5, 0.6) is 0 Å². The SMILES string of the molecule is CC(C)(O)CCO.Cc1ccc(C(C)C)cc1. The van der Waals surface area contributed by atoms with Crippen LogP contribution in [0.3, 0.4) is 0 Å². The summed E-state index contributed by atoms with van der Waals surface area (Å²) < 4.78 is 0. The first-order valence-electron chi connectivity index (χ1n) is 6.16. The lowest BCUT2D eigenvalue weighted by Crippen LogP contribution is -2.19. The fourth-order valence-electron chi connectivity index (χ4n) is 1.22. The second kappa shape index (κ2) is 7.46. The number of hydrogen-bond acceptors (Lipinski definition) is 2. The largest absolute Gasteiger partial charge is 0.396 e. The van der Waals surface area contributed by atoms with Crippen LogP contribution in [0.2, 0.25) is 0 Å². The van der Waals surface area contributed by atoms with Crippen molar-refractivity contribution in [2.75, 3.05) is 6.61 Å². The molecule has 0 aliphatic carbocycles. The molecule has 2 heteroatoms. The highest BCUT2D eigenvalue weighted by molar-refractivity contribution is 5.23. The molecule has 0 heterocycles. The second-order valence-corrected chi connectivity index (χ2v) is 5.35. The summed E-state index contributed by atoms with van der Waals surface area (Å²) in [5.41, 5.74) is 2.06. The molecule has 0 saturated carbocycles. The van der Waals surface area contributed by atoms with Crippen molar-refractivity contribution in [2.45, 2.75) is 52.6 Å². The Morgan fingerprint density at radius 3 is 1.82 bits per heavy atom. The minimum Gasteiger partial charge on any atom is -0.396 e. The van der Waals surface area contributed by atoms with Crippen molar-refractivity contribution in [2.24, 2.45) is 0 Å². The standard InChI is InChI=1S/C10H14.C5H12O2/c1-8(2)10-6-4-9(3)5-7-10;1-5(2,7)3-4-6/h4-8H,1-3H3;6-7H,3-4H2,1-2H3. The van der Waals surface area contributed by atoms with Gasteiger partial charge >= 0.3 is 0 Å². The molecule has 0 aliphatic heterocycles. The van der Waals surface area contributed by atoms with E-state index in [1.165, 1.54) is 11.1 Å². The quantitative estimate of drug-likeness (QED) is 0.848. The minimum absolute atomic E-state index is 0.0590. The zero-order chi connectivity index (χ0) is 13.5. The molecule has 0 fully saturated rings. The Balaban J connectivity index is 0.000000325. The maximum atomic E-state index is 8.86. The zero-order valence-electron chi connectivity index (χ0n) is 11.7. The third kappa shape index (κ3) is 8.90. The molecule has 0 unspecified atom stereocenters. The molecule has 17 heavy (non-hydrogen) atoms. The third-order valence-electron chi connectivity index (χ3n) is 2.47. The molecular formula is C15H26O2. The van der Waals surface area contributed by atoms with Crippen LogP contribution >= 0.6 is 0 Å². The summed E-state index contributed by atoms with van der Waals surface area (Å²) in [4.78, 5) is 0. The summed E-state index contributed by atoms with van der Waals surface area (Å²) >= 11 is 0. The Bertz CT molecular complexity index is 294. The normalized spacial score (nSPS) is 11.1. The van der Waals surface area contributed by atoms with E-state index >= 15 is 0 Å². The summed E-state index contributed by atoms with van der Waals surface area (Å²) in [6, 6.07) is 8.71. The highest BCUT2D eigenvalue weighted by Gasteiger charge is 2.09. The summed E-state index contributed by atoms with van der Waals surface area (Å²) in [6.07, 6.45) is 0.451. The van der Waals surface area contributed by atoms with Gasteiger partial charge in [-0.05, 0) is 38.7 Å². The molecule has 0 aliphatic rings. The van der Waals surface area contributed by atoms with E-state index in [0.29, 0.717) is 12.3 Å². The van der Waals surface area contributed by atoms with Gasteiger partial charge in [-0.2, -0.15) is 0 Å². The average molecular weight is 238 g/mol. The van der Waals surface area contributed by atoms with Gasteiger partial charge in [-0.15, -0.1) is 0 Å². The van der Waals surface area contributed by atoms with Crippen LogP contribution in [0, 0.1) is 6.92 Å². The molecule has 0 saturated heterocycles. The fraction of sp³-hybridized carbons (Fsp3) is 0.600. The topological polar surface area (TPSA) is 40.5 Å². The molecule has 2 nitrogen and oxygen atoms in total. The molecule has 98 valence electrons. The predicted octanol–water partition coefficient (Wildman–Crippen LogP) is 3.26. The van der Waals surface area contributed by atoms with E-state index in [1.54, 1.807) is 13.8 Å². The molecule has 2 N–H and O–H groups in total. The summed E-state index contributed by atoms with van der Waals surface area (Å²) in [5, 5.41) is 17.1. The molecule has 0 atom stereocenters. The summed E-state index contributed by atoms with van der Waals surface area (Å²) in [5.74, 6) is 0.653. The third-order valence-corrected chi connectivity index (χ3v) is 2.47. The minimum atomic E-state index is -0.700. The Morgan fingerprint density at radius 2 is 1.59 bits per heavy atom. The van der Waals surface area contributed by atoms with Crippen LogP contribution in [-0.4, -0.2) is 22.4 Å². The monoisotopic (exact) mass is 238 g/mol. The van der Waals surface area contributed by atoms with Gasteiger partial charge in [-0.25, -0.2) is 0 Å². The Labute approximate surface area is 105 Å². The fourth-order valence-corrected chi connectivity index (χ4v) is 1.22. The summed E-state index contributed by atoms with van der Waals surface area (Å²) in [7, 11) is 0. The highest BCUT2D eigenvalue weighted by Crippen LogP contribution is 2.13. The first kappa shape index (κ1) is 16.1. The van der Waals surface area contributed by atoms with E-state index < -0.39 is 5.60 Å². The molecule has 0 spiro atoms. The van der Waals surface area contributed by atoms with Crippen molar-refractivity contribution in [1.29, 1.82) is 0 Å². The van der Waals surface area contributed by atoms with Crippen LogP contribution < -0.4 is 0 Å². The van der Waals surface area contributed by atoms with Crippen molar-refractivity contribution in [1.82, 2.24) is 0 Å². The van der Waals surface area contributed by atoms with Crippen LogP contribution in [0.25, 0.3) is 0 Å². The number of hydrogen-bond donors (Lipinski definition) is 2. The predicted molar refractivity (Wildman–Crippen MR) is 73.3 cm³/mol. The van der Waals surface area contributed by atoms with Crippen molar-refractivity contribution < 1.29 is 10.2 Å². The molecule has 0 amide bonds. The van der Waals surface area contributed by atoms with Crippen LogP contribution in [0.1, 0.15) is 51.2 Å².